The van der Waals surface area contributed by atoms with Crippen molar-refractivity contribution in [3.63, 3.8) is 0 Å². The lowest BCUT2D eigenvalue weighted by atomic mass is 10.2. The summed E-state index contributed by atoms with van der Waals surface area (Å²) in [5, 5.41) is 5.23. The number of halogens is 1. The molecule has 7 heteroatoms. The molecule has 4 nitrogen and oxygen atoms in total. The average Bonchev–Trinajstić information content (AvgIpc) is 3.09. The third kappa shape index (κ3) is 2.95. The van der Waals surface area contributed by atoms with Gasteiger partial charge in [0.25, 0.3) is 5.91 Å². The first-order valence-corrected chi connectivity index (χ1v) is 8.11. The number of carbonyl (C=O) groups excluding carboxylic acids is 1. The Labute approximate surface area is 131 Å². The zero-order chi connectivity index (χ0) is 13.9. The second-order valence-corrected chi connectivity index (χ2v) is 6.48. The molecule has 0 bridgehead atoms. The number of hydrogen-bond acceptors (Lipinski definition) is 5. The molecule has 0 atom stereocenters. The summed E-state index contributed by atoms with van der Waals surface area (Å²) in [4.78, 5) is 17.3. The highest BCUT2D eigenvalue weighted by Gasteiger charge is 2.11. The smallest absolute Gasteiger partial charge is 0.257 e. The Kier molecular flexibility index (Phi) is 3.90. The number of hydrogen-bond donors (Lipinski definition) is 1. The van der Waals surface area contributed by atoms with Crippen LogP contribution >= 0.6 is 38.8 Å². The Bertz CT molecular complexity index is 722. The normalized spacial score (nSPS) is 10.4. The van der Waals surface area contributed by atoms with Gasteiger partial charge < -0.3 is 0 Å². The van der Waals surface area contributed by atoms with Gasteiger partial charge in [0.1, 0.15) is 0 Å². The SMILES string of the molecule is O=C(Nc1nc(-c2cccs2)ns1)c1ccc(Br)cc1. The molecule has 0 aliphatic rings. The highest BCUT2D eigenvalue weighted by Crippen LogP contribution is 2.25. The molecule has 0 saturated heterocycles. The van der Waals surface area contributed by atoms with E-state index in [1.54, 1.807) is 23.5 Å². The highest BCUT2D eigenvalue weighted by molar-refractivity contribution is 9.10. The molecule has 1 amide bonds. The number of nitrogens with one attached hydrogen (secondary N) is 1. The number of aromatic nitrogens is 2. The summed E-state index contributed by atoms with van der Waals surface area (Å²) in [6.07, 6.45) is 0. The molecule has 0 spiro atoms. The Morgan fingerprint density at radius 1 is 1.20 bits per heavy atom. The fourth-order valence-electron chi connectivity index (χ4n) is 1.55. The van der Waals surface area contributed by atoms with Crippen LogP contribution in [0, 0.1) is 0 Å². The zero-order valence-corrected chi connectivity index (χ0v) is 13.3. The van der Waals surface area contributed by atoms with E-state index in [1.165, 1.54) is 11.5 Å². The minimum absolute atomic E-state index is 0.189. The van der Waals surface area contributed by atoms with Crippen LogP contribution in [-0.4, -0.2) is 15.3 Å². The fraction of sp³-hybridized carbons (Fsp3) is 0. The summed E-state index contributed by atoms with van der Waals surface area (Å²) in [6.45, 7) is 0. The van der Waals surface area contributed by atoms with Crippen molar-refractivity contribution in [1.29, 1.82) is 0 Å². The van der Waals surface area contributed by atoms with E-state index in [1.807, 2.05) is 29.6 Å². The number of nitrogens with zero attached hydrogens (tertiary/aromatic N) is 2. The van der Waals surface area contributed by atoms with Crippen molar-refractivity contribution >= 4 is 49.8 Å². The lowest BCUT2D eigenvalue weighted by molar-refractivity contribution is 0.102. The van der Waals surface area contributed by atoms with Crippen LogP contribution in [0.5, 0.6) is 0 Å². The molecule has 0 radical (unpaired) electrons. The van der Waals surface area contributed by atoms with Crippen molar-refractivity contribution in [2.45, 2.75) is 0 Å². The van der Waals surface area contributed by atoms with Crippen molar-refractivity contribution in [3.05, 3.63) is 51.8 Å². The standard InChI is InChI=1S/C13H8BrN3OS2/c14-9-5-3-8(4-6-9)12(18)16-13-15-11(17-20-13)10-2-1-7-19-10/h1-7H,(H,15,16,17,18). The van der Waals surface area contributed by atoms with Gasteiger partial charge in [0.05, 0.1) is 4.88 Å². The van der Waals surface area contributed by atoms with Crippen LogP contribution in [0.15, 0.2) is 46.3 Å². The van der Waals surface area contributed by atoms with Gasteiger partial charge in [-0.25, -0.2) is 0 Å². The molecule has 20 heavy (non-hydrogen) atoms. The first kappa shape index (κ1) is 13.4. The third-order valence-electron chi connectivity index (χ3n) is 2.49. The molecule has 0 aliphatic heterocycles. The summed E-state index contributed by atoms with van der Waals surface area (Å²) in [5.41, 5.74) is 0.584. The minimum Gasteiger partial charge on any atom is -0.297 e. The van der Waals surface area contributed by atoms with Crippen LogP contribution in [0.25, 0.3) is 10.7 Å². The van der Waals surface area contributed by atoms with Crippen LogP contribution < -0.4 is 5.32 Å². The molecule has 1 N–H and O–H groups in total. The molecule has 1 aromatic carbocycles. The topological polar surface area (TPSA) is 54.9 Å². The molecule has 3 rings (SSSR count). The third-order valence-corrected chi connectivity index (χ3v) is 4.52. The van der Waals surface area contributed by atoms with Gasteiger partial charge in [0.15, 0.2) is 5.82 Å². The van der Waals surface area contributed by atoms with Crippen LogP contribution in [0.2, 0.25) is 0 Å². The van der Waals surface area contributed by atoms with Crippen molar-refractivity contribution in [3.8, 4) is 10.7 Å². The number of thiophene rings is 1. The molecule has 3 aromatic rings. The van der Waals surface area contributed by atoms with Gasteiger partial charge in [0, 0.05) is 21.6 Å². The maximum Gasteiger partial charge on any atom is 0.257 e. The van der Waals surface area contributed by atoms with E-state index < -0.39 is 0 Å². The lowest BCUT2D eigenvalue weighted by Gasteiger charge is -2.00. The van der Waals surface area contributed by atoms with Crippen molar-refractivity contribution in [2.24, 2.45) is 0 Å². The van der Waals surface area contributed by atoms with Gasteiger partial charge >= 0.3 is 0 Å². The first-order valence-electron chi connectivity index (χ1n) is 5.67. The van der Waals surface area contributed by atoms with Gasteiger partial charge in [-0.1, -0.05) is 22.0 Å². The number of carbonyl (C=O) groups is 1. The molecule has 2 aromatic heterocycles. The monoisotopic (exact) mass is 365 g/mol. The number of amides is 1. The van der Waals surface area contributed by atoms with Gasteiger partial charge in [-0.15, -0.1) is 11.3 Å². The van der Waals surface area contributed by atoms with E-state index in [0.717, 1.165) is 9.35 Å². The van der Waals surface area contributed by atoms with Crippen molar-refractivity contribution in [2.75, 3.05) is 5.32 Å². The van der Waals surface area contributed by atoms with Gasteiger partial charge in [-0.2, -0.15) is 9.36 Å². The molecule has 2 heterocycles. The van der Waals surface area contributed by atoms with Gasteiger partial charge in [-0.05, 0) is 35.7 Å². The fourth-order valence-corrected chi connectivity index (χ4v) is 3.11. The number of rotatable bonds is 3. The largest absolute Gasteiger partial charge is 0.297 e. The number of benzene rings is 1. The molecular weight excluding hydrogens is 358 g/mol. The molecule has 100 valence electrons. The summed E-state index contributed by atoms with van der Waals surface area (Å²) in [7, 11) is 0. The average molecular weight is 366 g/mol. The highest BCUT2D eigenvalue weighted by atomic mass is 79.9. The Balaban J connectivity index is 1.75. The lowest BCUT2D eigenvalue weighted by Crippen LogP contribution is -2.11. The molecule has 0 unspecified atom stereocenters. The summed E-state index contributed by atoms with van der Waals surface area (Å²) >= 11 is 6.08. The van der Waals surface area contributed by atoms with E-state index in [2.05, 4.69) is 30.6 Å². The van der Waals surface area contributed by atoms with Crippen LogP contribution in [-0.2, 0) is 0 Å². The van der Waals surface area contributed by atoms with E-state index in [-0.39, 0.29) is 5.91 Å². The van der Waals surface area contributed by atoms with Crippen LogP contribution in [0.1, 0.15) is 10.4 Å². The predicted octanol–water partition coefficient (Wildman–Crippen LogP) is 4.28. The Hall–Kier alpha value is -1.57. The maximum atomic E-state index is 12.0. The van der Waals surface area contributed by atoms with E-state index in [0.29, 0.717) is 16.5 Å². The van der Waals surface area contributed by atoms with Crippen molar-refractivity contribution in [1.82, 2.24) is 9.36 Å². The summed E-state index contributed by atoms with van der Waals surface area (Å²) in [6, 6.07) is 11.0. The second kappa shape index (κ2) is 5.82. The Morgan fingerprint density at radius 2 is 2.00 bits per heavy atom. The molecule has 0 aliphatic carbocycles. The van der Waals surface area contributed by atoms with Crippen LogP contribution in [0.4, 0.5) is 5.13 Å². The molecular formula is C13H8BrN3OS2. The van der Waals surface area contributed by atoms with Gasteiger partial charge in [-0.3, -0.25) is 10.1 Å². The minimum atomic E-state index is -0.189. The summed E-state index contributed by atoms with van der Waals surface area (Å²) < 4.78 is 5.17. The first-order chi connectivity index (χ1) is 9.72. The zero-order valence-electron chi connectivity index (χ0n) is 10.0. The molecule has 0 saturated carbocycles. The van der Waals surface area contributed by atoms with Crippen molar-refractivity contribution < 1.29 is 4.79 Å². The molecule has 0 fully saturated rings. The van der Waals surface area contributed by atoms with Gasteiger partial charge in [0.2, 0.25) is 5.13 Å². The quantitative estimate of drug-likeness (QED) is 0.753. The summed E-state index contributed by atoms with van der Waals surface area (Å²) in [5.74, 6) is 0.461. The van der Waals surface area contributed by atoms with E-state index in [9.17, 15) is 4.79 Å². The second-order valence-electron chi connectivity index (χ2n) is 3.86. The van der Waals surface area contributed by atoms with E-state index in [4.69, 9.17) is 0 Å². The Morgan fingerprint density at radius 3 is 2.70 bits per heavy atom. The number of anilines is 1. The maximum absolute atomic E-state index is 12.0. The van der Waals surface area contributed by atoms with E-state index >= 15 is 0 Å². The van der Waals surface area contributed by atoms with Crippen LogP contribution in [0.3, 0.4) is 0 Å². The predicted molar refractivity (Wildman–Crippen MR) is 85.3 cm³/mol.